The van der Waals surface area contributed by atoms with Gasteiger partial charge in [0.25, 0.3) is 0 Å². The number of nitrogens with one attached hydrogen (secondary N) is 1. The van der Waals surface area contributed by atoms with Crippen molar-refractivity contribution in [2.75, 3.05) is 13.2 Å². The van der Waals surface area contributed by atoms with Crippen LogP contribution in [0, 0.1) is 5.92 Å². The first-order valence-electron chi connectivity index (χ1n) is 8.00. The van der Waals surface area contributed by atoms with E-state index in [2.05, 4.69) is 50.4 Å². The molecule has 1 aliphatic carbocycles. The second kappa shape index (κ2) is 5.50. The van der Waals surface area contributed by atoms with E-state index in [1.165, 1.54) is 24.8 Å². The largest absolute Gasteiger partial charge is 0.373 e. The van der Waals surface area contributed by atoms with Gasteiger partial charge in [-0.25, -0.2) is 0 Å². The zero-order valence-electron chi connectivity index (χ0n) is 13.0. The van der Waals surface area contributed by atoms with Crippen molar-refractivity contribution in [3.8, 4) is 0 Å². The van der Waals surface area contributed by atoms with Crippen molar-refractivity contribution in [2.45, 2.75) is 57.6 Å². The van der Waals surface area contributed by atoms with Gasteiger partial charge in [-0.3, -0.25) is 0 Å². The van der Waals surface area contributed by atoms with E-state index in [4.69, 9.17) is 4.74 Å². The van der Waals surface area contributed by atoms with Crippen molar-refractivity contribution in [1.29, 1.82) is 0 Å². The average Bonchev–Trinajstić information content (AvgIpc) is 3.14. The molecule has 110 valence electrons. The van der Waals surface area contributed by atoms with Crippen LogP contribution in [0.15, 0.2) is 24.3 Å². The molecule has 2 atom stereocenters. The molecule has 0 amide bonds. The van der Waals surface area contributed by atoms with Crippen LogP contribution in [0.3, 0.4) is 0 Å². The Morgan fingerprint density at radius 1 is 1.10 bits per heavy atom. The first-order chi connectivity index (χ1) is 9.54. The van der Waals surface area contributed by atoms with E-state index in [0.717, 1.165) is 19.1 Å². The van der Waals surface area contributed by atoms with Crippen molar-refractivity contribution in [3.05, 3.63) is 35.4 Å². The zero-order valence-corrected chi connectivity index (χ0v) is 13.0. The smallest absolute Gasteiger partial charge is 0.0868 e. The van der Waals surface area contributed by atoms with Gasteiger partial charge in [-0.15, -0.1) is 0 Å². The molecule has 0 aromatic heterocycles. The van der Waals surface area contributed by atoms with Crippen molar-refractivity contribution < 1.29 is 4.74 Å². The standard InChI is InChI=1S/C18H27NO/c1-18(2,3)19-12-14-10-11-20-17(14)16-7-5-4-6-15(16)13-8-9-13/h4-7,13-14,17,19H,8-12H2,1-3H3. The van der Waals surface area contributed by atoms with Crippen LogP contribution in [0.2, 0.25) is 0 Å². The minimum Gasteiger partial charge on any atom is -0.373 e. The molecule has 1 aromatic carbocycles. The van der Waals surface area contributed by atoms with E-state index in [1.54, 1.807) is 5.56 Å². The molecule has 20 heavy (non-hydrogen) atoms. The first kappa shape index (κ1) is 14.1. The molecular formula is C18H27NO. The molecule has 2 fully saturated rings. The Morgan fingerprint density at radius 3 is 2.45 bits per heavy atom. The summed E-state index contributed by atoms with van der Waals surface area (Å²) in [6, 6.07) is 8.93. The summed E-state index contributed by atoms with van der Waals surface area (Å²) in [4.78, 5) is 0. The van der Waals surface area contributed by atoms with Gasteiger partial charge >= 0.3 is 0 Å². The minimum absolute atomic E-state index is 0.184. The highest BCUT2D eigenvalue weighted by Gasteiger charge is 2.35. The van der Waals surface area contributed by atoms with Gasteiger partial charge in [-0.05, 0) is 57.1 Å². The fraction of sp³-hybridized carbons (Fsp3) is 0.667. The lowest BCUT2D eigenvalue weighted by Crippen LogP contribution is -2.39. The van der Waals surface area contributed by atoms with E-state index < -0.39 is 0 Å². The normalized spacial score (nSPS) is 26.9. The Balaban J connectivity index is 1.75. The highest BCUT2D eigenvalue weighted by atomic mass is 16.5. The van der Waals surface area contributed by atoms with Gasteiger partial charge < -0.3 is 10.1 Å². The summed E-state index contributed by atoms with van der Waals surface area (Å²) >= 11 is 0. The van der Waals surface area contributed by atoms with Gasteiger partial charge in [0.05, 0.1) is 6.10 Å². The molecule has 2 unspecified atom stereocenters. The molecule has 0 bridgehead atoms. The van der Waals surface area contributed by atoms with Gasteiger partial charge in [0, 0.05) is 24.6 Å². The number of ether oxygens (including phenoxy) is 1. The lowest BCUT2D eigenvalue weighted by atomic mass is 9.90. The Morgan fingerprint density at radius 2 is 1.80 bits per heavy atom. The van der Waals surface area contributed by atoms with Crippen molar-refractivity contribution in [2.24, 2.45) is 5.92 Å². The molecule has 1 aromatic rings. The maximum atomic E-state index is 6.10. The molecule has 1 saturated carbocycles. The summed E-state index contributed by atoms with van der Waals surface area (Å²) in [7, 11) is 0. The van der Waals surface area contributed by atoms with E-state index in [-0.39, 0.29) is 5.54 Å². The Labute approximate surface area is 122 Å². The molecular weight excluding hydrogens is 246 g/mol. The number of rotatable bonds is 4. The first-order valence-corrected chi connectivity index (χ1v) is 8.00. The molecule has 1 N–H and O–H groups in total. The predicted molar refractivity (Wildman–Crippen MR) is 83.0 cm³/mol. The third-order valence-corrected chi connectivity index (χ3v) is 4.43. The van der Waals surface area contributed by atoms with Crippen LogP contribution in [0.1, 0.15) is 63.2 Å². The van der Waals surface area contributed by atoms with Crippen molar-refractivity contribution in [3.63, 3.8) is 0 Å². The Kier molecular flexibility index (Phi) is 3.87. The average molecular weight is 273 g/mol. The van der Waals surface area contributed by atoms with E-state index in [9.17, 15) is 0 Å². The molecule has 2 heteroatoms. The molecule has 1 heterocycles. The lowest BCUT2D eigenvalue weighted by Gasteiger charge is -2.27. The Hall–Kier alpha value is -0.860. The zero-order chi connectivity index (χ0) is 14.2. The molecule has 0 spiro atoms. The van der Waals surface area contributed by atoms with Gasteiger partial charge in [-0.2, -0.15) is 0 Å². The minimum atomic E-state index is 0.184. The van der Waals surface area contributed by atoms with Crippen molar-refractivity contribution >= 4 is 0 Å². The topological polar surface area (TPSA) is 21.3 Å². The summed E-state index contributed by atoms with van der Waals surface area (Å²) in [5.41, 5.74) is 3.18. The van der Waals surface area contributed by atoms with Crippen LogP contribution in [0.4, 0.5) is 0 Å². The van der Waals surface area contributed by atoms with Gasteiger partial charge in [0.2, 0.25) is 0 Å². The third-order valence-electron chi connectivity index (χ3n) is 4.43. The van der Waals surface area contributed by atoms with Crippen LogP contribution in [0.25, 0.3) is 0 Å². The summed E-state index contributed by atoms with van der Waals surface area (Å²) < 4.78 is 6.10. The van der Waals surface area contributed by atoms with Crippen molar-refractivity contribution in [1.82, 2.24) is 5.32 Å². The van der Waals surface area contributed by atoms with Gasteiger partial charge in [0.15, 0.2) is 0 Å². The van der Waals surface area contributed by atoms with Crippen LogP contribution in [-0.4, -0.2) is 18.7 Å². The lowest BCUT2D eigenvalue weighted by molar-refractivity contribution is 0.0882. The van der Waals surface area contributed by atoms with Gasteiger partial charge in [0.1, 0.15) is 0 Å². The van der Waals surface area contributed by atoms with Gasteiger partial charge in [-0.1, -0.05) is 24.3 Å². The van der Waals surface area contributed by atoms with Crippen LogP contribution >= 0.6 is 0 Å². The molecule has 1 saturated heterocycles. The maximum absolute atomic E-state index is 6.10. The second-order valence-electron chi connectivity index (χ2n) is 7.37. The number of benzene rings is 1. The SMILES string of the molecule is CC(C)(C)NCC1CCOC1c1ccccc1C1CC1. The Bertz CT molecular complexity index is 459. The highest BCUT2D eigenvalue weighted by Crippen LogP contribution is 2.46. The summed E-state index contributed by atoms with van der Waals surface area (Å²) in [5.74, 6) is 1.40. The van der Waals surface area contributed by atoms with E-state index >= 15 is 0 Å². The molecule has 0 radical (unpaired) electrons. The molecule has 1 aliphatic heterocycles. The summed E-state index contributed by atoms with van der Waals surface area (Å²) in [6.45, 7) is 8.65. The monoisotopic (exact) mass is 273 g/mol. The number of hydrogen-bond acceptors (Lipinski definition) is 2. The molecule has 2 nitrogen and oxygen atoms in total. The quantitative estimate of drug-likeness (QED) is 0.894. The summed E-state index contributed by atoms with van der Waals surface area (Å²) in [6.07, 6.45) is 4.18. The maximum Gasteiger partial charge on any atom is 0.0868 e. The molecule has 3 rings (SSSR count). The third kappa shape index (κ3) is 3.24. The number of hydrogen-bond donors (Lipinski definition) is 1. The fourth-order valence-electron chi connectivity index (χ4n) is 3.16. The second-order valence-corrected chi connectivity index (χ2v) is 7.37. The highest BCUT2D eigenvalue weighted by molar-refractivity contribution is 5.35. The fourth-order valence-corrected chi connectivity index (χ4v) is 3.16. The van der Waals surface area contributed by atoms with E-state index in [1.807, 2.05) is 0 Å². The molecule has 2 aliphatic rings. The summed E-state index contributed by atoms with van der Waals surface area (Å²) in [5, 5.41) is 3.65. The predicted octanol–water partition coefficient (Wildman–Crippen LogP) is 4.03. The van der Waals surface area contributed by atoms with Crippen LogP contribution in [0.5, 0.6) is 0 Å². The van der Waals surface area contributed by atoms with Crippen LogP contribution < -0.4 is 5.32 Å². The van der Waals surface area contributed by atoms with E-state index in [0.29, 0.717) is 12.0 Å². The van der Waals surface area contributed by atoms with Crippen LogP contribution in [-0.2, 0) is 4.74 Å².